The molecule has 76 valence electrons. The Morgan fingerprint density at radius 3 is 2.80 bits per heavy atom. The van der Waals surface area contributed by atoms with E-state index in [9.17, 15) is 0 Å². The molecule has 1 aliphatic heterocycles. The van der Waals surface area contributed by atoms with Crippen LogP contribution in [0.25, 0.3) is 0 Å². The van der Waals surface area contributed by atoms with Gasteiger partial charge in [-0.2, -0.15) is 4.99 Å². The summed E-state index contributed by atoms with van der Waals surface area (Å²) in [6.45, 7) is 6.29. The highest BCUT2D eigenvalue weighted by Crippen LogP contribution is 2.22. The Hall–Kier alpha value is -1.80. The zero-order valence-electron chi connectivity index (χ0n) is 9.02. The van der Waals surface area contributed by atoms with E-state index < -0.39 is 0 Å². The van der Waals surface area contributed by atoms with Crippen molar-refractivity contribution >= 4 is 17.9 Å². The topological polar surface area (TPSA) is 50.5 Å². The summed E-state index contributed by atoms with van der Waals surface area (Å²) < 4.78 is 0. The number of aliphatic imine (C=N–C) groups is 2. The SMILES string of the molecule is CC(C)(C)c1cnc2c(n1)C=NC=C=N2. The Balaban J connectivity index is 2.54. The highest BCUT2D eigenvalue weighted by Gasteiger charge is 2.17. The van der Waals surface area contributed by atoms with E-state index in [0.717, 1.165) is 5.69 Å². The fourth-order valence-electron chi connectivity index (χ4n) is 1.16. The van der Waals surface area contributed by atoms with Gasteiger partial charge >= 0.3 is 0 Å². The van der Waals surface area contributed by atoms with E-state index >= 15 is 0 Å². The lowest BCUT2D eigenvalue weighted by atomic mass is 9.92. The minimum absolute atomic E-state index is 0.0146. The zero-order valence-corrected chi connectivity index (χ0v) is 9.02. The first-order valence-electron chi connectivity index (χ1n) is 4.76. The lowest BCUT2D eigenvalue weighted by Crippen LogP contribution is -2.15. The summed E-state index contributed by atoms with van der Waals surface area (Å²) >= 11 is 0. The Labute approximate surface area is 88.5 Å². The van der Waals surface area contributed by atoms with Crippen LogP contribution in [0.1, 0.15) is 32.2 Å². The van der Waals surface area contributed by atoms with Gasteiger partial charge in [0.1, 0.15) is 5.69 Å². The minimum atomic E-state index is -0.0146. The number of rotatable bonds is 0. The second kappa shape index (κ2) is 3.41. The molecule has 1 aromatic heterocycles. The van der Waals surface area contributed by atoms with Crippen molar-refractivity contribution in [1.29, 1.82) is 0 Å². The highest BCUT2D eigenvalue weighted by molar-refractivity contribution is 5.86. The van der Waals surface area contributed by atoms with Gasteiger partial charge in [-0.05, 0) is 0 Å². The van der Waals surface area contributed by atoms with Crippen molar-refractivity contribution in [1.82, 2.24) is 9.97 Å². The first kappa shape index (κ1) is 9.74. The van der Waals surface area contributed by atoms with Crippen LogP contribution in [0.15, 0.2) is 22.4 Å². The van der Waals surface area contributed by atoms with E-state index in [4.69, 9.17) is 0 Å². The molecule has 4 nitrogen and oxygen atoms in total. The molecule has 1 aliphatic rings. The van der Waals surface area contributed by atoms with Gasteiger partial charge in [-0.15, -0.1) is 0 Å². The van der Waals surface area contributed by atoms with Crippen LogP contribution in [0.4, 0.5) is 5.82 Å². The van der Waals surface area contributed by atoms with Gasteiger partial charge in [0, 0.05) is 11.3 Å². The van der Waals surface area contributed by atoms with E-state index in [-0.39, 0.29) is 5.41 Å². The summed E-state index contributed by atoms with van der Waals surface area (Å²) in [4.78, 5) is 16.7. The maximum atomic E-state index is 4.48. The summed E-state index contributed by atoms with van der Waals surface area (Å²) in [6.07, 6.45) is 4.91. The van der Waals surface area contributed by atoms with Gasteiger partial charge in [0.05, 0.1) is 24.3 Å². The van der Waals surface area contributed by atoms with Crippen LogP contribution in [-0.2, 0) is 5.41 Å². The summed E-state index contributed by atoms with van der Waals surface area (Å²) in [5, 5.41) is 0. The molecule has 0 spiro atoms. The number of hydrogen-bond donors (Lipinski definition) is 0. The van der Waals surface area contributed by atoms with E-state index in [0.29, 0.717) is 11.5 Å². The highest BCUT2D eigenvalue weighted by atomic mass is 15.0. The van der Waals surface area contributed by atoms with Crippen LogP contribution in [0, 0.1) is 0 Å². The number of aromatic nitrogens is 2. The molecule has 0 aliphatic carbocycles. The van der Waals surface area contributed by atoms with Crippen molar-refractivity contribution in [2.45, 2.75) is 26.2 Å². The van der Waals surface area contributed by atoms with E-state index in [2.05, 4.69) is 46.6 Å². The average molecular weight is 200 g/mol. The van der Waals surface area contributed by atoms with Crippen LogP contribution in [0.5, 0.6) is 0 Å². The molecule has 0 amide bonds. The van der Waals surface area contributed by atoms with Crippen LogP contribution < -0.4 is 0 Å². The van der Waals surface area contributed by atoms with Crippen molar-refractivity contribution in [2.24, 2.45) is 9.98 Å². The average Bonchev–Trinajstić information content (AvgIpc) is 2.39. The second-order valence-corrected chi connectivity index (χ2v) is 4.36. The predicted octanol–water partition coefficient (Wildman–Crippen LogP) is 2.02. The first-order chi connectivity index (χ1) is 7.07. The van der Waals surface area contributed by atoms with Gasteiger partial charge in [-0.25, -0.2) is 9.97 Å². The summed E-state index contributed by atoms with van der Waals surface area (Å²) in [5.41, 5.74) is 1.62. The van der Waals surface area contributed by atoms with Crippen molar-refractivity contribution in [3.8, 4) is 0 Å². The molecule has 0 aromatic carbocycles. The molecular weight excluding hydrogens is 188 g/mol. The van der Waals surface area contributed by atoms with Crippen LogP contribution in [0.2, 0.25) is 0 Å². The molecule has 0 bridgehead atoms. The van der Waals surface area contributed by atoms with Crippen molar-refractivity contribution < 1.29 is 0 Å². The van der Waals surface area contributed by atoms with E-state index in [1.165, 1.54) is 6.20 Å². The van der Waals surface area contributed by atoms with Gasteiger partial charge in [0.15, 0.2) is 5.82 Å². The van der Waals surface area contributed by atoms with Crippen molar-refractivity contribution in [2.75, 3.05) is 0 Å². The Bertz CT molecular complexity index is 474. The standard InChI is InChI=1S/C11H12N4/c1-11(2,3)9-7-14-10-8(15-9)6-12-4-5-13-10/h4,6-7H,1-3H3. The van der Waals surface area contributed by atoms with Crippen LogP contribution >= 0.6 is 0 Å². The lowest BCUT2D eigenvalue weighted by molar-refractivity contribution is 0.565. The molecule has 0 saturated carbocycles. The zero-order chi connectivity index (χ0) is 10.9. The minimum Gasteiger partial charge on any atom is -0.252 e. The molecule has 0 N–H and O–H groups in total. The molecule has 0 atom stereocenters. The van der Waals surface area contributed by atoms with Gasteiger partial charge < -0.3 is 0 Å². The fraction of sp³-hybridized carbons (Fsp3) is 0.364. The van der Waals surface area contributed by atoms with Crippen molar-refractivity contribution in [3.63, 3.8) is 0 Å². The van der Waals surface area contributed by atoms with E-state index in [1.807, 2.05) is 0 Å². The number of fused-ring (bicyclic) bond motifs is 1. The molecule has 0 radical (unpaired) electrons. The van der Waals surface area contributed by atoms with Gasteiger partial charge in [0.25, 0.3) is 0 Å². The Kier molecular flexibility index (Phi) is 2.21. The summed E-state index contributed by atoms with van der Waals surface area (Å²) in [6, 6.07) is 0. The maximum absolute atomic E-state index is 4.48. The Morgan fingerprint density at radius 1 is 1.27 bits per heavy atom. The smallest absolute Gasteiger partial charge is 0.189 e. The van der Waals surface area contributed by atoms with E-state index in [1.54, 1.807) is 12.4 Å². The fourth-order valence-corrected chi connectivity index (χ4v) is 1.16. The normalized spacial score (nSPS) is 13.8. The third-order valence-corrected chi connectivity index (χ3v) is 2.05. The number of nitrogens with zero attached hydrogens (tertiary/aromatic N) is 4. The lowest BCUT2D eigenvalue weighted by Gasteiger charge is -2.17. The summed E-state index contributed by atoms with van der Waals surface area (Å²) in [7, 11) is 0. The predicted molar refractivity (Wildman–Crippen MR) is 60.0 cm³/mol. The van der Waals surface area contributed by atoms with Gasteiger partial charge in [-0.3, -0.25) is 4.99 Å². The first-order valence-corrected chi connectivity index (χ1v) is 4.76. The molecule has 0 unspecified atom stereocenters. The summed E-state index contributed by atoms with van der Waals surface area (Å²) in [5.74, 6) is 3.23. The molecular formula is C11H12N4. The molecule has 4 heteroatoms. The van der Waals surface area contributed by atoms with Gasteiger partial charge in [0.2, 0.25) is 0 Å². The van der Waals surface area contributed by atoms with Crippen LogP contribution in [0.3, 0.4) is 0 Å². The quantitative estimate of drug-likeness (QED) is 0.643. The molecule has 15 heavy (non-hydrogen) atoms. The molecule has 2 heterocycles. The molecule has 0 fully saturated rings. The van der Waals surface area contributed by atoms with Crippen molar-refractivity contribution in [3.05, 3.63) is 23.8 Å². The monoisotopic (exact) mass is 200 g/mol. The molecule has 1 aromatic rings. The number of hydrogen-bond acceptors (Lipinski definition) is 4. The second-order valence-electron chi connectivity index (χ2n) is 4.36. The van der Waals surface area contributed by atoms with Gasteiger partial charge in [-0.1, -0.05) is 20.8 Å². The molecule has 2 rings (SSSR count). The Morgan fingerprint density at radius 2 is 2.07 bits per heavy atom. The van der Waals surface area contributed by atoms with Crippen LogP contribution in [-0.4, -0.2) is 22.1 Å². The molecule has 0 saturated heterocycles. The largest absolute Gasteiger partial charge is 0.252 e. The maximum Gasteiger partial charge on any atom is 0.189 e. The third kappa shape index (κ3) is 2.00. The third-order valence-electron chi connectivity index (χ3n) is 2.05.